The molecule has 1 fully saturated rings. The lowest BCUT2D eigenvalue weighted by molar-refractivity contribution is -0.0170. The van der Waals surface area contributed by atoms with Gasteiger partial charge in [-0.2, -0.15) is 10.5 Å². The van der Waals surface area contributed by atoms with E-state index in [4.69, 9.17) is 20.4 Å². The van der Waals surface area contributed by atoms with Crippen molar-refractivity contribution in [2.45, 2.75) is 24.5 Å². The van der Waals surface area contributed by atoms with Crippen molar-refractivity contribution in [3.63, 3.8) is 0 Å². The van der Waals surface area contributed by atoms with E-state index in [9.17, 15) is 0 Å². The maximum atomic E-state index is 8.77. The predicted molar refractivity (Wildman–Crippen MR) is 35.1 cm³/mol. The maximum Gasteiger partial charge on any atom is 0.178 e. The first-order valence-corrected chi connectivity index (χ1v) is 3.36. The zero-order valence-corrected chi connectivity index (χ0v) is 5.95. The van der Waals surface area contributed by atoms with Gasteiger partial charge in [0, 0.05) is 0 Å². The third-order valence-corrected chi connectivity index (χ3v) is 1.78. The van der Waals surface area contributed by atoms with Gasteiger partial charge in [0.2, 0.25) is 0 Å². The molecule has 1 aliphatic rings. The molecule has 0 amide bonds. The monoisotopic (exact) mass is 152 g/mol. The second-order valence-corrected chi connectivity index (χ2v) is 2.54. The summed E-state index contributed by atoms with van der Waals surface area (Å²) < 4.78 is 5.02. The van der Waals surface area contributed by atoms with E-state index in [1.807, 2.05) is 12.1 Å². The SMILES string of the molecule is N#CC1CCC(C#N)(CO)O1. The topological polar surface area (TPSA) is 77.0 Å². The molecule has 1 N–H and O–H groups in total. The van der Waals surface area contributed by atoms with Gasteiger partial charge in [0.05, 0.1) is 12.7 Å². The molecule has 1 saturated heterocycles. The fourth-order valence-corrected chi connectivity index (χ4v) is 1.08. The van der Waals surface area contributed by atoms with Crippen LogP contribution in [0.5, 0.6) is 0 Å². The van der Waals surface area contributed by atoms with Crippen LogP contribution in [0.3, 0.4) is 0 Å². The lowest BCUT2D eigenvalue weighted by Crippen LogP contribution is -2.31. The van der Waals surface area contributed by atoms with Crippen molar-refractivity contribution in [2.75, 3.05) is 6.61 Å². The molecule has 1 heterocycles. The highest BCUT2D eigenvalue weighted by Gasteiger charge is 2.40. The maximum absolute atomic E-state index is 8.77. The Morgan fingerprint density at radius 1 is 1.64 bits per heavy atom. The van der Waals surface area contributed by atoms with Crippen molar-refractivity contribution in [1.82, 2.24) is 0 Å². The molecule has 0 aliphatic carbocycles. The fourth-order valence-electron chi connectivity index (χ4n) is 1.08. The molecule has 0 aromatic carbocycles. The smallest absolute Gasteiger partial charge is 0.178 e. The Kier molecular flexibility index (Phi) is 2.09. The standard InChI is InChI=1S/C7H8N2O2/c8-3-6-1-2-7(4-9,5-10)11-6/h6,10H,1-2,5H2. The van der Waals surface area contributed by atoms with Crippen LogP contribution < -0.4 is 0 Å². The Morgan fingerprint density at radius 3 is 2.64 bits per heavy atom. The predicted octanol–water partition coefficient (Wildman–Crippen LogP) is -0.0563. The van der Waals surface area contributed by atoms with Crippen molar-refractivity contribution in [3.05, 3.63) is 0 Å². The summed E-state index contributed by atoms with van der Waals surface area (Å²) in [5.41, 5.74) is -1.11. The summed E-state index contributed by atoms with van der Waals surface area (Å²) in [4.78, 5) is 0. The lowest BCUT2D eigenvalue weighted by atomic mass is 10.0. The van der Waals surface area contributed by atoms with Crippen LogP contribution in [0.2, 0.25) is 0 Å². The summed E-state index contributed by atoms with van der Waals surface area (Å²) in [6, 6.07) is 3.77. The van der Waals surface area contributed by atoms with Gasteiger partial charge in [-0.1, -0.05) is 0 Å². The third kappa shape index (κ3) is 1.32. The number of nitrogens with zero attached hydrogens (tertiary/aromatic N) is 2. The molecule has 4 heteroatoms. The molecule has 58 valence electrons. The highest BCUT2D eigenvalue weighted by molar-refractivity contribution is 5.09. The van der Waals surface area contributed by atoms with Crippen LogP contribution in [-0.4, -0.2) is 23.4 Å². The first-order valence-electron chi connectivity index (χ1n) is 3.36. The zero-order valence-electron chi connectivity index (χ0n) is 5.95. The number of nitriles is 2. The van der Waals surface area contributed by atoms with E-state index in [0.29, 0.717) is 12.8 Å². The van der Waals surface area contributed by atoms with E-state index >= 15 is 0 Å². The Hall–Kier alpha value is -1.10. The quantitative estimate of drug-likeness (QED) is 0.571. The largest absolute Gasteiger partial charge is 0.392 e. The van der Waals surface area contributed by atoms with Gasteiger partial charge in [0.1, 0.15) is 12.2 Å². The molecule has 0 aromatic rings. The summed E-state index contributed by atoms with van der Waals surface area (Å²) >= 11 is 0. The normalized spacial score (nSPS) is 36.1. The molecule has 2 atom stereocenters. The van der Waals surface area contributed by atoms with Crippen LogP contribution in [0.25, 0.3) is 0 Å². The number of aliphatic hydroxyl groups excluding tert-OH is 1. The lowest BCUT2D eigenvalue weighted by Gasteiger charge is -2.15. The van der Waals surface area contributed by atoms with E-state index in [-0.39, 0.29) is 6.61 Å². The Morgan fingerprint density at radius 2 is 2.36 bits per heavy atom. The van der Waals surface area contributed by atoms with Crippen LogP contribution in [0.4, 0.5) is 0 Å². The Balaban J connectivity index is 2.66. The first kappa shape index (κ1) is 8.00. The number of ether oxygens (including phenoxy) is 1. The number of aliphatic hydroxyl groups is 1. The minimum absolute atomic E-state index is 0.332. The average molecular weight is 152 g/mol. The van der Waals surface area contributed by atoms with Gasteiger partial charge in [-0.15, -0.1) is 0 Å². The van der Waals surface area contributed by atoms with Crippen LogP contribution in [0.15, 0.2) is 0 Å². The van der Waals surface area contributed by atoms with Crippen molar-refractivity contribution < 1.29 is 9.84 Å². The summed E-state index contributed by atoms with van der Waals surface area (Å²) in [7, 11) is 0. The molecule has 0 spiro atoms. The van der Waals surface area contributed by atoms with Crippen molar-refractivity contribution >= 4 is 0 Å². The number of hydrogen-bond acceptors (Lipinski definition) is 4. The molecule has 11 heavy (non-hydrogen) atoms. The van der Waals surface area contributed by atoms with Gasteiger partial charge < -0.3 is 9.84 Å². The van der Waals surface area contributed by atoms with Gasteiger partial charge in [-0.25, -0.2) is 0 Å². The molecule has 0 radical (unpaired) electrons. The summed E-state index contributed by atoms with van der Waals surface area (Å²) in [6.45, 7) is -0.332. The van der Waals surface area contributed by atoms with Crippen LogP contribution in [-0.2, 0) is 4.74 Å². The van der Waals surface area contributed by atoms with Gasteiger partial charge in [-0.3, -0.25) is 0 Å². The van der Waals surface area contributed by atoms with Crippen molar-refractivity contribution in [2.24, 2.45) is 0 Å². The number of rotatable bonds is 1. The Bertz CT molecular complexity index is 228. The van der Waals surface area contributed by atoms with Gasteiger partial charge in [0.25, 0.3) is 0 Å². The summed E-state index contributed by atoms with van der Waals surface area (Å²) in [6.07, 6.45) is 0.449. The van der Waals surface area contributed by atoms with Crippen LogP contribution in [0, 0.1) is 22.7 Å². The van der Waals surface area contributed by atoms with E-state index in [1.165, 1.54) is 0 Å². The Labute approximate surface area is 64.6 Å². The second-order valence-electron chi connectivity index (χ2n) is 2.54. The molecule has 2 unspecified atom stereocenters. The summed E-state index contributed by atoms with van der Waals surface area (Å²) in [5.74, 6) is 0. The molecule has 0 bridgehead atoms. The minimum Gasteiger partial charge on any atom is -0.392 e. The minimum atomic E-state index is -1.11. The van der Waals surface area contributed by atoms with E-state index in [1.54, 1.807) is 0 Å². The zero-order chi connectivity index (χ0) is 8.32. The second kappa shape index (κ2) is 2.87. The van der Waals surface area contributed by atoms with Gasteiger partial charge in [0.15, 0.2) is 5.60 Å². The fraction of sp³-hybridized carbons (Fsp3) is 0.714. The molecule has 4 nitrogen and oxygen atoms in total. The van der Waals surface area contributed by atoms with E-state index in [0.717, 1.165) is 0 Å². The van der Waals surface area contributed by atoms with Crippen molar-refractivity contribution in [1.29, 1.82) is 10.5 Å². The van der Waals surface area contributed by atoms with E-state index in [2.05, 4.69) is 0 Å². The molecule has 0 aromatic heterocycles. The molecular weight excluding hydrogens is 144 g/mol. The highest BCUT2D eigenvalue weighted by Crippen LogP contribution is 2.28. The van der Waals surface area contributed by atoms with Gasteiger partial charge >= 0.3 is 0 Å². The molecule has 1 rings (SSSR count). The molecule has 1 aliphatic heterocycles. The first-order chi connectivity index (χ1) is 5.26. The summed E-state index contributed by atoms with van der Waals surface area (Å²) in [5, 5.41) is 25.8. The van der Waals surface area contributed by atoms with E-state index < -0.39 is 11.7 Å². The highest BCUT2D eigenvalue weighted by atomic mass is 16.5. The van der Waals surface area contributed by atoms with Crippen molar-refractivity contribution in [3.8, 4) is 12.1 Å². The number of hydrogen-bond donors (Lipinski definition) is 1. The molecule has 0 saturated carbocycles. The average Bonchev–Trinajstić information content (AvgIpc) is 2.49. The van der Waals surface area contributed by atoms with Gasteiger partial charge in [-0.05, 0) is 12.8 Å². The van der Waals surface area contributed by atoms with Crippen LogP contribution in [0.1, 0.15) is 12.8 Å². The molecular formula is C7H8N2O2. The third-order valence-electron chi connectivity index (χ3n) is 1.78. The van der Waals surface area contributed by atoms with Crippen LogP contribution >= 0.6 is 0 Å².